The molecule has 3 aromatic carbocycles. The summed E-state index contributed by atoms with van der Waals surface area (Å²) in [6.07, 6.45) is -0.00314. The van der Waals surface area contributed by atoms with E-state index < -0.39 is 11.6 Å². The zero-order chi connectivity index (χ0) is 22.7. The lowest BCUT2D eigenvalue weighted by atomic mass is 10.0. The van der Waals surface area contributed by atoms with Crippen LogP contribution in [-0.4, -0.2) is 27.3 Å². The van der Waals surface area contributed by atoms with Gasteiger partial charge in [0.1, 0.15) is 12.2 Å². The van der Waals surface area contributed by atoms with Gasteiger partial charge in [0.15, 0.2) is 11.5 Å². The lowest BCUT2D eigenvalue weighted by molar-refractivity contribution is -0.144. The first-order valence-electron chi connectivity index (χ1n) is 9.93. The van der Waals surface area contributed by atoms with Crippen molar-refractivity contribution in [2.45, 2.75) is 13.0 Å². The number of benzene rings is 3. The van der Waals surface area contributed by atoms with E-state index in [0.29, 0.717) is 34.0 Å². The molecule has 1 heterocycles. The topological polar surface area (TPSA) is 84.2 Å². The van der Waals surface area contributed by atoms with Gasteiger partial charge in [0, 0.05) is 17.0 Å². The molecule has 164 valence electrons. The number of methoxy groups -OCH3 is 3. The molecule has 1 aromatic heterocycles. The normalized spacial score (nSPS) is 10.8. The van der Waals surface area contributed by atoms with Crippen LogP contribution in [0.3, 0.4) is 0 Å². The maximum Gasteiger partial charge on any atom is 0.336 e. The highest BCUT2D eigenvalue weighted by Gasteiger charge is 2.16. The molecule has 0 aliphatic carbocycles. The molecule has 0 saturated carbocycles. The zero-order valence-electron chi connectivity index (χ0n) is 18.0. The molecule has 0 unspecified atom stereocenters. The second-order valence-electron chi connectivity index (χ2n) is 7.12. The quantitative estimate of drug-likeness (QED) is 0.244. The zero-order valence-corrected chi connectivity index (χ0v) is 18.0. The van der Waals surface area contributed by atoms with Gasteiger partial charge in [-0.3, -0.25) is 4.79 Å². The maximum absolute atomic E-state index is 12.6. The molecule has 0 amide bonds. The smallest absolute Gasteiger partial charge is 0.336 e. The third-order valence-corrected chi connectivity index (χ3v) is 5.18. The first-order chi connectivity index (χ1) is 15.5. The molecule has 4 rings (SSSR count). The van der Waals surface area contributed by atoms with Gasteiger partial charge in [-0.2, -0.15) is 0 Å². The van der Waals surface area contributed by atoms with Crippen molar-refractivity contribution >= 4 is 27.7 Å². The molecule has 7 heteroatoms. The fourth-order valence-corrected chi connectivity index (χ4v) is 3.75. The summed E-state index contributed by atoms with van der Waals surface area (Å²) in [5.41, 5.74) is 1.19. The van der Waals surface area contributed by atoms with E-state index in [-0.39, 0.29) is 13.0 Å². The minimum Gasteiger partial charge on any atom is -0.493 e. The number of hydrogen-bond acceptors (Lipinski definition) is 7. The van der Waals surface area contributed by atoms with Gasteiger partial charge in [-0.05, 0) is 34.5 Å². The van der Waals surface area contributed by atoms with Gasteiger partial charge in [-0.1, -0.05) is 30.3 Å². The van der Waals surface area contributed by atoms with E-state index in [0.717, 1.165) is 16.2 Å². The minimum absolute atomic E-state index is 0.00314. The predicted octanol–water partition coefficient (Wildman–Crippen LogP) is 4.26. The van der Waals surface area contributed by atoms with Crippen molar-refractivity contribution in [3.8, 4) is 17.2 Å². The Morgan fingerprint density at radius 2 is 1.62 bits per heavy atom. The highest BCUT2D eigenvalue weighted by Crippen LogP contribution is 2.38. The minimum atomic E-state index is -0.497. The lowest BCUT2D eigenvalue weighted by Crippen LogP contribution is -2.10. The van der Waals surface area contributed by atoms with Gasteiger partial charge in [0.25, 0.3) is 0 Å². The van der Waals surface area contributed by atoms with Crippen LogP contribution in [0.15, 0.2) is 63.8 Å². The Labute approximate surface area is 184 Å². The lowest BCUT2D eigenvalue weighted by Gasteiger charge is -2.14. The van der Waals surface area contributed by atoms with E-state index in [1.54, 1.807) is 18.2 Å². The van der Waals surface area contributed by atoms with E-state index in [9.17, 15) is 9.59 Å². The van der Waals surface area contributed by atoms with Gasteiger partial charge in [0.05, 0.1) is 27.8 Å². The first-order valence-corrected chi connectivity index (χ1v) is 9.93. The number of esters is 1. The average molecular weight is 434 g/mol. The number of hydrogen-bond donors (Lipinski definition) is 0. The fraction of sp³-hybridized carbons (Fsp3) is 0.200. The molecule has 0 radical (unpaired) electrons. The molecular formula is C25H22O7. The summed E-state index contributed by atoms with van der Waals surface area (Å²) in [7, 11) is 4.53. The van der Waals surface area contributed by atoms with E-state index in [4.69, 9.17) is 23.4 Å². The van der Waals surface area contributed by atoms with E-state index >= 15 is 0 Å². The van der Waals surface area contributed by atoms with Crippen LogP contribution in [0.1, 0.15) is 11.1 Å². The Balaban J connectivity index is 1.60. The summed E-state index contributed by atoms with van der Waals surface area (Å²) in [6.45, 7) is -0.0562. The number of rotatable bonds is 7. The van der Waals surface area contributed by atoms with Crippen molar-refractivity contribution in [1.82, 2.24) is 0 Å². The van der Waals surface area contributed by atoms with Crippen molar-refractivity contribution in [2.75, 3.05) is 21.3 Å². The van der Waals surface area contributed by atoms with E-state index in [1.165, 1.54) is 27.4 Å². The monoisotopic (exact) mass is 434 g/mol. The van der Waals surface area contributed by atoms with Gasteiger partial charge in [0.2, 0.25) is 5.75 Å². The predicted molar refractivity (Wildman–Crippen MR) is 120 cm³/mol. The Bertz CT molecular complexity index is 1330. The second-order valence-corrected chi connectivity index (χ2v) is 7.12. The number of carbonyl (C=O) groups excluding carboxylic acids is 1. The van der Waals surface area contributed by atoms with Gasteiger partial charge >= 0.3 is 11.6 Å². The summed E-state index contributed by atoms with van der Waals surface area (Å²) in [4.78, 5) is 24.6. The van der Waals surface area contributed by atoms with Crippen LogP contribution in [0.4, 0.5) is 0 Å². The van der Waals surface area contributed by atoms with Crippen molar-refractivity contribution in [3.05, 3.63) is 76.1 Å². The number of ether oxygens (including phenoxy) is 4. The average Bonchev–Trinajstić information content (AvgIpc) is 2.81. The Morgan fingerprint density at radius 3 is 2.31 bits per heavy atom. The van der Waals surface area contributed by atoms with Gasteiger partial charge < -0.3 is 23.4 Å². The molecule has 0 fully saturated rings. The van der Waals surface area contributed by atoms with Crippen LogP contribution in [0, 0.1) is 0 Å². The van der Waals surface area contributed by atoms with E-state index in [2.05, 4.69) is 0 Å². The summed E-state index contributed by atoms with van der Waals surface area (Å²) >= 11 is 0. The third-order valence-electron chi connectivity index (χ3n) is 5.18. The number of fused-ring (bicyclic) bond motifs is 3. The molecule has 0 atom stereocenters. The maximum atomic E-state index is 12.6. The first kappa shape index (κ1) is 21.2. The summed E-state index contributed by atoms with van der Waals surface area (Å²) in [6, 6.07) is 16.2. The molecular weight excluding hydrogens is 412 g/mol. The largest absolute Gasteiger partial charge is 0.493 e. The highest BCUT2D eigenvalue weighted by molar-refractivity contribution is 6.07. The highest BCUT2D eigenvalue weighted by atomic mass is 16.5. The molecule has 0 N–H and O–H groups in total. The van der Waals surface area contributed by atoms with Crippen LogP contribution in [0.5, 0.6) is 17.2 Å². The fourth-order valence-electron chi connectivity index (χ4n) is 3.75. The molecule has 0 spiro atoms. The van der Waals surface area contributed by atoms with Crippen LogP contribution in [0.2, 0.25) is 0 Å². The summed E-state index contributed by atoms with van der Waals surface area (Å²) in [5.74, 6) is 0.892. The van der Waals surface area contributed by atoms with Crippen LogP contribution >= 0.6 is 0 Å². The van der Waals surface area contributed by atoms with Crippen molar-refractivity contribution < 1.29 is 28.2 Å². The van der Waals surface area contributed by atoms with Crippen LogP contribution in [0.25, 0.3) is 21.7 Å². The van der Waals surface area contributed by atoms with Gasteiger partial charge in [-0.25, -0.2) is 4.79 Å². The van der Waals surface area contributed by atoms with Crippen LogP contribution < -0.4 is 19.8 Å². The third kappa shape index (κ3) is 4.09. The second kappa shape index (κ2) is 9.01. The molecule has 32 heavy (non-hydrogen) atoms. The van der Waals surface area contributed by atoms with Crippen LogP contribution in [-0.2, 0) is 22.6 Å². The summed E-state index contributed by atoms with van der Waals surface area (Å²) in [5, 5.41) is 2.67. The van der Waals surface area contributed by atoms with E-state index in [1.807, 2.05) is 30.3 Å². The molecule has 0 aliphatic rings. The van der Waals surface area contributed by atoms with Crippen molar-refractivity contribution in [2.24, 2.45) is 0 Å². The van der Waals surface area contributed by atoms with Crippen molar-refractivity contribution in [1.29, 1.82) is 0 Å². The SMILES string of the molecule is COc1cc(CC(=O)OCc2cc(=O)oc3ccc4ccccc4c23)cc(OC)c1OC. The molecule has 7 nitrogen and oxygen atoms in total. The molecule has 0 aliphatic heterocycles. The van der Waals surface area contributed by atoms with Gasteiger partial charge in [-0.15, -0.1) is 0 Å². The standard InChI is InChI=1S/C25H22O7/c1-28-20-10-15(11-21(29-2)25(20)30-3)12-22(26)31-14-17-13-23(27)32-19-9-8-16-6-4-5-7-18(16)24(17)19/h4-11,13H,12,14H2,1-3H3. The number of carbonyl (C=O) groups is 1. The summed E-state index contributed by atoms with van der Waals surface area (Å²) < 4.78 is 26.8. The molecule has 4 aromatic rings. The Kier molecular flexibility index (Phi) is 5.98. The Morgan fingerprint density at radius 1 is 0.906 bits per heavy atom. The van der Waals surface area contributed by atoms with Crippen molar-refractivity contribution in [3.63, 3.8) is 0 Å². The Hall–Kier alpha value is -4.00. The molecule has 0 bridgehead atoms. The molecule has 0 saturated heterocycles.